The van der Waals surface area contributed by atoms with Crippen LogP contribution in [0, 0.1) is 0 Å². The van der Waals surface area contributed by atoms with Gasteiger partial charge in [0.2, 0.25) is 0 Å². The number of aliphatic hydroxyl groups is 1. The first kappa shape index (κ1) is 21.6. The van der Waals surface area contributed by atoms with E-state index >= 15 is 0 Å². The summed E-state index contributed by atoms with van der Waals surface area (Å²) in [4.78, 5) is 29.8. The molecule has 1 unspecified atom stereocenters. The Morgan fingerprint density at radius 2 is 1.68 bits per heavy atom. The molecule has 2 fully saturated rings. The van der Waals surface area contributed by atoms with E-state index in [1.165, 1.54) is 0 Å². The number of benzene rings is 2. The number of carbonyl (C=O) groups is 2. The second-order valence-corrected chi connectivity index (χ2v) is 8.15. The van der Waals surface area contributed by atoms with E-state index in [0.717, 1.165) is 31.6 Å². The van der Waals surface area contributed by atoms with Gasteiger partial charge in [-0.1, -0.05) is 54.1 Å². The van der Waals surface area contributed by atoms with Crippen molar-refractivity contribution in [3.05, 3.63) is 76.3 Å². The standard InChI is InChI=1S/C24H25ClN2O4/c25-19-9-7-17(8-10-19)21-20(22(28)18-5-2-1-3-6-18)23(29)24(30)27(21)12-4-11-26-13-15-31-16-14-26/h1-3,5-10,21,28H,4,11-16H2/b22-20+. The van der Waals surface area contributed by atoms with Crippen molar-refractivity contribution in [3.8, 4) is 0 Å². The molecular formula is C24H25ClN2O4. The van der Waals surface area contributed by atoms with Gasteiger partial charge < -0.3 is 14.7 Å². The van der Waals surface area contributed by atoms with Crippen LogP contribution >= 0.6 is 11.6 Å². The van der Waals surface area contributed by atoms with Gasteiger partial charge in [0.25, 0.3) is 11.7 Å². The Kier molecular flexibility index (Phi) is 6.70. The van der Waals surface area contributed by atoms with Gasteiger partial charge in [-0.05, 0) is 24.1 Å². The fourth-order valence-corrected chi connectivity index (χ4v) is 4.27. The number of halogens is 1. The van der Waals surface area contributed by atoms with Crippen molar-refractivity contribution in [2.24, 2.45) is 0 Å². The van der Waals surface area contributed by atoms with Gasteiger partial charge in [0, 0.05) is 36.8 Å². The van der Waals surface area contributed by atoms with E-state index in [9.17, 15) is 14.7 Å². The number of ketones is 1. The van der Waals surface area contributed by atoms with E-state index in [1.54, 1.807) is 53.4 Å². The molecule has 1 atom stereocenters. The lowest BCUT2D eigenvalue weighted by Gasteiger charge is -2.29. The summed E-state index contributed by atoms with van der Waals surface area (Å²) in [6.07, 6.45) is 0.725. The molecule has 0 bridgehead atoms. The highest BCUT2D eigenvalue weighted by atomic mass is 35.5. The molecule has 0 spiro atoms. The Morgan fingerprint density at radius 3 is 2.35 bits per heavy atom. The van der Waals surface area contributed by atoms with Gasteiger partial charge >= 0.3 is 0 Å². The molecule has 0 aromatic heterocycles. The lowest BCUT2D eigenvalue weighted by molar-refractivity contribution is -0.140. The number of carbonyl (C=O) groups excluding carboxylic acids is 2. The van der Waals surface area contributed by atoms with Crippen molar-refractivity contribution in [2.45, 2.75) is 12.5 Å². The average molecular weight is 441 g/mol. The normalized spacial score (nSPS) is 21.6. The predicted octanol–water partition coefficient (Wildman–Crippen LogP) is 3.48. The Morgan fingerprint density at radius 1 is 1.00 bits per heavy atom. The van der Waals surface area contributed by atoms with Crippen LogP contribution in [0.3, 0.4) is 0 Å². The molecule has 7 heteroatoms. The summed E-state index contributed by atoms with van der Waals surface area (Å²) in [6.45, 7) is 4.40. The number of rotatable bonds is 6. The number of aliphatic hydroxyl groups excluding tert-OH is 1. The minimum Gasteiger partial charge on any atom is -0.507 e. The van der Waals surface area contributed by atoms with Crippen molar-refractivity contribution in [3.63, 3.8) is 0 Å². The highest BCUT2D eigenvalue weighted by Gasteiger charge is 2.45. The zero-order valence-corrected chi connectivity index (χ0v) is 17.9. The largest absolute Gasteiger partial charge is 0.507 e. The van der Waals surface area contributed by atoms with Crippen LogP contribution in [0.15, 0.2) is 60.2 Å². The molecule has 1 N–H and O–H groups in total. The van der Waals surface area contributed by atoms with Crippen molar-refractivity contribution >= 4 is 29.1 Å². The van der Waals surface area contributed by atoms with Gasteiger partial charge in [0.15, 0.2) is 0 Å². The molecule has 162 valence electrons. The Labute approximate surface area is 186 Å². The van der Waals surface area contributed by atoms with Crippen molar-refractivity contribution in [1.82, 2.24) is 9.80 Å². The Hall–Kier alpha value is -2.67. The SMILES string of the molecule is O=C1C(=O)N(CCCN2CCOCC2)C(c2ccc(Cl)cc2)/C1=C(\O)c1ccccc1. The first-order valence-electron chi connectivity index (χ1n) is 10.5. The molecule has 2 heterocycles. The van der Waals surface area contributed by atoms with Gasteiger partial charge in [-0.2, -0.15) is 0 Å². The van der Waals surface area contributed by atoms with E-state index < -0.39 is 17.7 Å². The monoisotopic (exact) mass is 440 g/mol. The van der Waals surface area contributed by atoms with Crippen LogP contribution in [-0.4, -0.2) is 66.0 Å². The smallest absolute Gasteiger partial charge is 0.295 e. The maximum Gasteiger partial charge on any atom is 0.295 e. The Bertz CT molecular complexity index is 969. The summed E-state index contributed by atoms with van der Waals surface area (Å²) >= 11 is 6.05. The molecule has 0 saturated carbocycles. The number of likely N-dealkylation sites (tertiary alicyclic amines) is 1. The van der Waals surface area contributed by atoms with Crippen LogP contribution in [0.1, 0.15) is 23.6 Å². The molecular weight excluding hydrogens is 416 g/mol. The zero-order chi connectivity index (χ0) is 21.8. The van der Waals surface area contributed by atoms with E-state index in [4.69, 9.17) is 16.3 Å². The quantitative estimate of drug-likeness (QED) is 0.423. The predicted molar refractivity (Wildman–Crippen MR) is 119 cm³/mol. The van der Waals surface area contributed by atoms with Crippen LogP contribution in [0.2, 0.25) is 5.02 Å². The Balaban J connectivity index is 1.65. The number of Topliss-reactive ketones (excluding diaryl/α,β-unsaturated/α-hetero) is 1. The van der Waals surface area contributed by atoms with Gasteiger partial charge in [0.1, 0.15) is 5.76 Å². The second kappa shape index (κ2) is 9.64. The number of hydrogen-bond donors (Lipinski definition) is 1. The zero-order valence-electron chi connectivity index (χ0n) is 17.2. The fraction of sp³-hybridized carbons (Fsp3) is 0.333. The maximum atomic E-state index is 13.0. The van der Waals surface area contributed by atoms with Gasteiger partial charge in [-0.15, -0.1) is 0 Å². The van der Waals surface area contributed by atoms with Crippen LogP contribution in [-0.2, 0) is 14.3 Å². The molecule has 2 saturated heterocycles. The number of morpholine rings is 1. The highest BCUT2D eigenvalue weighted by molar-refractivity contribution is 6.46. The van der Waals surface area contributed by atoms with Gasteiger partial charge in [-0.3, -0.25) is 14.5 Å². The van der Waals surface area contributed by atoms with Crippen molar-refractivity contribution in [2.75, 3.05) is 39.4 Å². The second-order valence-electron chi connectivity index (χ2n) is 7.72. The van der Waals surface area contributed by atoms with E-state index in [-0.39, 0.29) is 11.3 Å². The summed E-state index contributed by atoms with van der Waals surface area (Å²) in [6, 6.07) is 15.2. The van der Waals surface area contributed by atoms with E-state index in [2.05, 4.69) is 4.90 Å². The first-order chi connectivity index (χ1) is 15.1. The van der Waals surface area contributed by atoms with E-state index in [0.29, 0.717) is 30.3 Å². The molecule has 0 radical (unpaired) electrons. The third kappa shape index (κ3) is 4.66. The summed E-state index contributed by atoms with van der Waals surface area (Å²) in [5.41, 5.74) is 1.37. The molecule has 2 aliphatic rings. The molecule has 0 aliphatic carbocycles. The van der Waals surface area contributed by atoms with Gasteiger partial charge in [-0.25, -0.2) is 0 Å². The highest BCUT2D eigenvalue weighted by Crippen LogP contribution is 2.39. The van der Waals surface area contributed by atoms with E-state index in [1.807, 2.05) is 6.07 Å². The van der Waals surface area contributed by atoms with Crippen molar-refractivity contribution in [1.29, 1.82) is 0 Å². The maximum absolute atomic E-state index is 13.0. The average Bonchev–Trinajstić information content (AvgIpc) is 3.05. The fourth-order valence-electron chi connectivity index (χ4n) is 4.14. The first-order valence-corrected chi connectivity index (χ1v) is 10.8. The van der Waals surface area contributed by atoms with Crippen molar-refractivity contribution < 1.29 is 19.4 Å². The molecule has 1 amide bonds. The minimum atomic E-state index is -0.660. The molecule has 31 heavy (non-hydrogen) atoms. The third-order valence-electron chi connectivity index (χ3n) is 5.75. The lowest BCUT2D eigenvalue weighted by atomic mass is 9.95. The lowest BCUT2D eigenvalue weighted by Crippen LogP contribution is -2.38. The van der Waals surface area contributed by atoms with Crippen LogP contribution < -0.4 is 0 Å². The molecule has 2 aromatic carbocycles. The summed E-state index contributed by atoms with van der Waals surface area (Å²) in [5.74, 6) is -1.40. The van der Waals surface area contributed by atoms with Crippen LogP contribution in [0.5, 0.6) is 0 Å². The topological polar surface area (TPSA) is 70.1 Å². The summed E-state index contributed by atoms with van der Waals surface area (Å²) in [7, 11) is 0. The molecule has 6 nitrogen and oxygen atoms in total. The van der Waals surface area contributed by atoms with Crippen LogP contribution in [0.25, 0.3) is 5.76 Å². The summed E-state index contributed by atoms with van der Waals surface area (Å²) < 4.78 is 5.38. The molecule has 2 aliphatic heterocycles. The minimum absolute atomic E-state index is 0.116. The van der Waals surface area contributed by atoms with Gasteiger partial charge in [0.05, 0.1) is 24.8 Å². The summed E-state index contributed by atoms with van der Waals surface area (Å²) in [5, 5.41) is 11.5. The number of nitrogens with zero attached hydrogens (tertiary/aromatic N) is 2. The number of amides is 1. The molecule has 2 aromatic rings. The number of hydrogen-bond acceptors (Lipinski definition) is 5. The third-order valence-corrected chi connectivity index (χ3v) is 6.00. The molecule has 4 rings (SSSR count). The van der Waals surface area contributed by atoms with Crippen LogP contribution in [0.4, 0.5) is 0 Å². The number of ether oxygens (including phenoxy) is 1.